The van der Waals surface area contributed by atoms with E-state index in [9.17, 15) is 9.59 Å². The lowest BCUT2D eigenvalue weighted by atomic mass is 10.1. The van der Waals surface area contributed by atoms with Crippen molar-refractivity contribution >= 4 is 21.9 Å². The Bertz CT molecular complexity index is 733. The van der Waals surface area contributed by atoms with Crippen molar-refractivity contribution in [3.63, 3.8) is 0 Å². The Hall–Kier alpha value is -1.88. The molecule has 0 radical (unpaired) electrons. The minimum atomic E-state index is -0.336. The summed E-state index contributed by atoms with van der Waals surface area (Å²) in [6.07, 6.45) is 1.62. The standard InChI is InChI=1S/C17H18BrNO3/c1-11(2)22-17(21)14-6-4-13(5-7-14)9-19-10-15(18)8-12(3)16(19)20/h4-8,10-11H,9H2,1-3H3. The molecule has 0 aliphatic carbocycles. The normalized spacial score (nSPS) is 10.8. The maximum absolute atomic E-state index is 12.1. The van der Waals surface area contributed by atoms with Gasteiger partial charge in [0.15, 0.2) is 0 Å². The lowest BCUT2D eigenvalue weighted by molar-refractivity contribution is 0.0378. The van der Waals surface area contributed by atoms with Gasteiger partial charge in [-0.25, -0.2) is 4.79 Å². The van der Waals surface area contributed by atoms with Crippen LogP contribution in [-0.4, -0.2) is 16.6 Å². The average Bonchev–Trinajstić information content (AvgIpc) is 2.44. The second-order valence-corrected chi connectivity index (χ2v) is 6.34. The van der Waals surface area contributed by atoms with Crippen LogP contribution in [0.1, 0.15) is 35.3 Å². The molecular formula is C17H18BrNO3. The van der Waals surface area contributed by atoms with Crippen LogP contribution in [0.5, 0.6) is 0 Å². The van der Waals surface area contributed by atoms with Gasteiger partial charge in [-0.15, -0.1) is 0 Å². The summed E-state index contributed by atoms with van der Waals surface area (Å²) < 4.78 is 7.65. The molecule has 0 bridgehead atoms. The summed E-state index contributed by atoms with van der Waals surface area (Å²) in [5.41, 5.74) is 2.12. The van der Waals surface area contributed by atoms with E-state index < -0.39 is 0 Å². The Morgan fingerprint density at radius 1 is 1.27 bits per heavy atom. The molecule has 2 aromatic rings. The van der Waals surface area contributed by atoms with Crippen LogP contribution in [0.25, 0.3) is 0 Å². The van der Waals surface area contributed by atoms with E-state index in [-0.39, 0.29) is 17.6 Å². The van der Waals surface area contributed by atoms with Crippen LogP contribution in [0.2, 0.25) is 0 Å². The lowest BCUT2D eigenvalue weighted by Gasteiger charge is -2.10. The molecule has 0 saturated carbocycles. The summed E-state index contributed by atoms with van der Waals surface area (Å²) in [4.78, 5) is 23.9. The molecule has 0 amide bonds. The van der Waals surface area contributed by atoms with E-state index in [0.717, 1.165) is 10.0 Å². The summed E-state index contributed by atoms with van der Waals surface area (Å²) in [6.45, 7) is 5.87. The second-order valence-electron chi connectivity index (χ2n) is 5.43. The highest BCUT2D eigenvalue weighted by Crippen LogP contribution is 2.11. The Kier molecular flexibility index (Phi) is 5.19. The van der Waals surface area contributed by atoms with Crippen molar-refractivity contribution in [2.24, 2.45) is 0 Å². The van der Waals surface area contributed by atoms with E-state index in [1.165, 1.54) is 0 Å². The molecule has 1 heterocycles. The van der Waals surface area contributed by atoms with Gasteiger partial charge in [-0.2, -0.15) is 0 Å². The Balaban J connectivity index is 2.19. The van der Waals surface area contributed by atoms with Crippen LogP contribution < -0.4 is 5.56 Å². The highest BCUT2D eigenvalue weighted by molar-refractivity contribution is 9.10. The molecule has 5 heteroatoms. The number of carbonyl (C=O) groups is 1. The van der Waals surface area contributed by atoms with E-state index in [2.05, 4.69) is 15.9 Å². The largest absolute Gasteiger partial charge is 0.459 e. The van der Waals surface area contributed by atoms with Crippen molar-refractivity contribution in [2.45, 2.75) is 33.4 Å². The molecule has 2 rings (SSSR count). The van der Waals surface area contributed by atoms with Gasteiger partial charge in [0.05, 0.1) is 18.2 Å². The molecule has 0 fully saturated rings. The molecule has 0 spiro atoms. The van der Waals surface area contributed by atoms with E-state index in [4.69, 9.17) is 4.74 Å². The highest BCUT2D eigenvalue weighted by atomic mass is 79.9. The quantitative estimate of drug-likeness (QED) is 0.780. The molecule has 4 nitrogen and oxygen atoms in total. The van der Waals surface area contributed by atoms with Gasteiger partial charge < -0.3 is 9.30 Å². The lowest BCUT2D eigenvalue weighted by Crippen LogP contribution is -2.22. The number of nitrogens with zero attached hydrogens (tertiary/aromatic N) is 1. The number of halogens is 1. The fraction of sp³-hybridized carbons (Fsp3) is 0.294. The van der Waals surface area contributed by atoms with Crippen LogP contribution in [0.4, 0.5) is 0 Å². The van der Waals surface area contributed by atoms with E-state index in [1.54, 1.807) is 35.9 Å². The summed E-state index contributed by atoms with van der Waals surface area (Å²) >= 11 is 3.39. The first-order chi connectivity index (χ1) is 10.4. The summed E-state index contributed by atoms with van der Waals surface area (Å²) in [6, 6.07) is 8.90. The third kappa shape index (κ3) is 4.07. The number of aryl methyl sites for hydroxylation is 1. The smallest absolute Gasteiger partial charge is 0.338 e. The van der Waals surface area contributed by atoms with Gasteiger partial charge in [0.1, 0.15) is 0 Å². The monoisotopic (exact) mass is 363 g/mol. The minimum absolute atomic E-state index is 0.0218. The molecule has 0 N–H and O–H groups in total. The number of pyridine rings is 1. The van der Waals surface area contributed by atoms with Gasteiger partial charge in [0, 0.05) is 16.2 Å². The van der Waals surface area contributed by atoms with Crippen molar-refractivity contribution in [2.75, 3.05) is 0 Å². The number of esters is 1. The number of carbonyl (C=O) groups excluding carboxylic acids is 1. The molecule has 22 heavy (non-hydrogen) atoms. The van der Waals surface area contributed by atoms with Gasteiger partial charge in [-0.1, -0.05) is 12.1 Å². The molecule has 0 unspecified atom stereocenters. The molecule has 0 atom stereocenters. The first-order valence-corrected chi connectivity index (χ1v) is 7.82. The zero-order valence-electron chi connectivity index (χ0n) is 12.8. The van der Waals surface area contributed by atoms with Gasteiger partial charge in [0.2, 0.25) is 0 Å². The summed E-state index contributed by atoms with van der Waals surface area (Å²) in [5.74, 6) is -0.336. The van der Waals surface area contributed by atoms with Gasteiger partial charge in [0.25, 0.3) is 5.56 Å². The molecular weight excluding hydrogens is 346 g/mol. The number of rotatable bonds is 4. The second kappa shape index (κ2) is 6.92. The predicted molar refractivity (Wildman–Crippen MR) is 89.2 cm³/mol. The summed E-state index contributed by atoms with van der Waals surface area (Å²) in [5, 5.41) is 0. The van der Waals surface area contributed by atoms with Crippen molar-refractivity contribution in [1.29, 1.82) is 0 Å². The molecule has 1 aromatic carbocycles. The maximum Gasteiger partial charge on any atom is 0.338 e. The van der Waals surface area contributed by atoms with E-state index >= 15 is 0 Å². The zero-order chi connectivity index (χ0) is 16.3. The topological polar surface area (TPSA) is 48.3 Å². The van der Waals surface area contributed by atoms with Crippen LogP contribution in [0.3, 0.4) is 0 Å². The fourth-order valence-corrected chi connectivity index (χ4v) is 2.67. The average molecular weight is 364 g/mol. The third-order valence-corrected chi connectivity index (χ3v) is 3.55. The number of hydrogen-bond acceptors (Lipinski definition) is 3. The van der Waals surface area contributed by atoms with Gasteiger partial charge in [-0.05, 0) is 60.5 Å². The van der Waals surface area contributed by atoms with Crippen molar-refractivity contribution in [3.05, 3.63) is 68.0 Å². The van der Waals surface area contributed by atoms with Crippen LogP contribution in [0.15, 0.2) is 45.8 Å². The van der Waals surface area contributed by atoms with Crippen molar-refractivity contribution < 1.29 is 9.53 Å². The SMILES string of the molecule is Cc1cc(Br)cn(Cc2ccc(C(=O)OC(C)C)cc2)c1=O. The zero-order valence-corrected chi connectivity index (χ0v) is 14.4. The first kappa shape index (κ1) is 16.5. The summed E-state index contributed by atoms with van der Waals surface area (Å²) in [7, 11) is 0. The molecule has 0 saturated heterocycles. The van der Waals surface area contributed by atoms with E-state index in [1.807, 2.05) is 26.0 Å². The van der Waals surface area contributed by atoms with Gasteiger partial charge in [-0.3, -0.25) is 4.79 Å². The number of hydrogen-bond donors (Lipinski definition) is 0. The molecule has 116 valence electrons. The Morgan fingerprint density at radius 2 is 1.91 bits per heavy atom. The molecule has 1 aromatic heterocycles. The van der Waals surface area contributed by atoms with Gasteiger partial charge >= 0.3 is 5.97 Å². The van der Waals surface area contributed by atoms with Crippen molar-refractivity contribution in [3.8, 4) is 0 Å². The number of benzene rings is 1. The third-order valence-electron chi connectivity index (χ3n) is 3.12. The van der Waals surface area contributed by atoms with E-state index in [0.29, 0.717) is 17.7 Å². The fourth-order valence-electron chi connectivity index (χ4n) is 2.08. The van der Waals surface area contributed by atoms with Crippen molar-refractivity contribution in [1.82, 2.24) is 4.57 Å². The maximum atomic E-state index is 12.1. The predicted octanol–water partition coefficient (Wildman–Crippen LogP) is 3.53. The first-order valence-electron chi connectivity index (χ1n) is 7.03. The Morgan fingerprint density at radius 3 is 2.50 bits per heavy atom. The van der Waals surface area contributed by atoms with Crippen LogP contribution >= 0.6 is 15.9 Å². The highest BCUT2D eigenvalue weighted by Gasteiger charge is 2.09. The Labute approximate surface area is 137 Å². The van der Waals surface area contributed by atoms with Crippen LogP contribution in [-0.2, 0) is 11.3 Å². The molecule has 0 aliphatic heterocycles. The molecule has 0 aliphatic rings. The number of aromatic nitrogens is 1. The van der Waals surface area contributed by atoms with Crippen LogP contribution in [0, 0.1) is 6.92 Å². The minimum Gasteiger partial charge on any atom is -0.459 e. The number of ether oxygens (including phenoxy) is 1.